The van der Waals surface area contributed by atoms with E-state index < -0.39 is 12.0 Å². The Labute approximate surface area is 184 Å². The molecular weight excluding hydrogens is 392 g/mol. The van der Waals surface area contributed by atoms with E-state index in [4.69, 9.17) is 4.74 Å². The molecule has 31 heavy (non-hydrogen) atoms. The average Bonchev–Trinajstić information content (AvgIpc) is 3.07. The van der Waals surface area contributed by atoms with Crippen LogP contribution in [-0.2, 0) is 4.74 Å². The standard InChI is InChI=1S/C25H32N2O4/c1-15-11-13-19(14-12-15)24(29)27(20-9-7-6-8-10-20)18(4)23(28)21-16(2)22(25(30)31-5)26-17(21)3/h11-14,18,20,26H,6-10H2,1-5H3. The van der Waals surface area contributed by atoms with E-state index in [1.807, 2.05) is 31.2 Å². The molecule has 0 bridgehead atoms. The number of aromatic nitrogens is 1. The van der Waals surface area contributed by atoms with Crippen molar-refractivity contribution in [3.63, 3.8) is 0 Å². The van der Waals surface area contributed by atoms with Crippen LogP contribution in [0.1, 0.15) is 87.1 Å². The summed E-state index contributed by atoms with van der Waals surface area (Å²) in [5, 5.41) is 0. The van der Waals surface area contributed by atoms with Crippen LogP contribution < -0.4 is 0 Å². The zero-order valence-electron chi connectivity index (χ0n) is 19.1. The molecule has 1 saturated carbocycles. The van der Waals surface area contributed by atoms with Crippen LogP contribution >= 0.6 is 0 Å². The fourth-order valence-corrected chi connectivity index (χ4v) is 4.62. The number of aryl methyl sites for hydroxylation is 2. The Bertz CT molecular complexity index is 968. The third-order valence-corrected chi connectivity index (χ3v) is 6.37. The summed E-state index contributed by atoms with van der Waals surface area (Å²) in [6.07, 6.45) is 5.06. The van der Waals surface area contributed by atoms with E-state index in [0.717, 1.165) is 37.7 Å². The Morgan fingerprint density at radius 3 is 2.23 bits per heavy atom. The number of aromatic amines is 1. The summed E-state index contributed by atoms with van der Waals surface area (Å²) >= 11 is 0. The lowest BCUT2D eigenvalue weighted by Crippen LogP contribution is -2.50. The molecule has 1 aliphatic carbocycles. The van der Waals surface area contributed by atoms with Crippen molar-refractivity contribution in [2.45, 2.75) is 71.9 Å². The Kier molecular flexibility index (Phi) is 6.98. The third-order valence-electron chi connectivity index (χ3n) is 6.37. The SMILES string of the molecule is COC(=O)c1[nH]c(C)c(C(=O)C(C)N(C(=O)c2ccc(C)cc2)C2CCCCC2)c1C. The van der Waals surface area contributed by atoms with Gasteiger partial charge in [0.25, 0.3) is 5.91 Å². The predicted molar refractivity (Wildman–Crippen MR) is 120 cm³/mol. The quantitative estimate of drug-likeness (QED) is 0.535. The maximum atomic E-state index is 13.6. The molecule has 3 rings (SSSR count). The lowest BCUT2D eigenvalue weighted by atomic mass is 9.90. The maximum Gasteiger partial charge on any atom is 0.354 e. The second-order valence-electron chi connectivity index (χ2n) is 8.53. The van der Waals surface area contributed by atoms with Gasteiger partial charge in [0.1, 0.15) is 5.69 Å². The smallest absolute Gasteiger partial charge is 0.354 e. The molecule has 0 radical (unpaired) electrons. The molecule has 0 aliphatic heterocycles. The molecule has 1 atom stereocenters. The first-order valence-corrected chi connectivity index (χ1v) is 11.0. The van der Waals surface area contributed by atoms with Gasteiger partial charge in [-0.15, -0.1) is 0 Å². The van der Waals surface area contributed by atoms with Crippen molar-refractivity contribution in [1.82, 2.24) is 9.88 Å². The highest BCUT2D eigenvalue weighted by atomic mass is 16.5. The van der Waals surface area contributed by atoms with Crippen molar-refractivity contribution in [3.05, 3.63) is 57.9 Å². The van der Waals surface area contributed by atoms with E-state index in [2.05, 4.69) is 4.98 Å². The van der Waals surface area contributed by atoms with Crippen LogP contribution in [0.3, 0.4) is 0 Å². The van der Waals surface area contributed by atoms with Gasteiger partial charge >= 0.3 is 5.97 Å². The third kappa shape index (κ3) is 4.58. The van der Waals surface area contributed by atoms with Gasteiger partial charge in [0.05, 0.1) is 13.2 Å². The molecule has 0 spiro atoms. The van der Waals surface area contributed by atoms with Gasteiger partial charge in [-0.1, -0.05) is 37.0 Å². The van der Waals surface area contributed by atoms with Crippen LogP contribution in [-0.4, -0.2) is 46.7 Å². The van der Waals surface area contributed by atoms with Gasteiger partial charge in [-0.2, -0.15) is 0 Å². The summed E-state index contributed by atoms with van der Waals surface area (Å²) in [6.45, 7) is 7.29. The van der Waals surface area contributed by atoms with Crippen molar-refractivity contribution >= 4 is 17.7 Å². The minimum absolute atomic E-state index is 0.0288. The Hall–Kier alpha value is -2.89. The largest absolute Gasteiger partial charge is 0.464 e. The van der Waals surface area contributed by atoms with E-state index in [1.54, 1.807) is 25.7 Å². The number of Topliss-reactive ketones (excluding diaryl/α,β-unsaturated/α-hetero) is 1. The molecule has 2 aromatic rings. The van der Waals surface area contributed by atoms with Crippen LogP contribution in [0, 0.1) is 20.8 Å². The molecule has 1 aromatic carbocycles. The Morgan fingerprint density at radius 1 is 1.03 bits per heavy atom. The normalized spacial score (nSPS) is 15.4. The molecule has 166 valence electrons. The fourth-order valence-electron chi connectivity index (χ4n) is 4.62. The first-order chi connectivity index (χ1) is 14.8. The van der Waals surface area contributed by atoms with Gasteiger partial charge in [-0.05, 0) is 58.2 Å². The lowest BCUT2D eigenvalue weighted by molar-refractivity contribution is 0.0486. The van der Waals surface area contributed by atoms with Crippen LogP contribution in [0.4, 0.5) is 0 Å². The summed E-state index contributed by atoms with van der Waals surface area (Å²) in [5.74, 6) is -0.786. The number of hydrogen-bond donors (Lipinski definition) is 1. The van der Waals surface area contributed by atoms with Gasteiger partial charge in [0.2, 0.25) is 0 Å². The number of carbonyl (C=O) groups is 3. The van der Waals surface area contributed by atoms with Crippen LogP contribution in [0.25, 0.3) is 0 Å². The molecule has 1 unspecified atom stereocenters. The minimum atomic E-state index is -0.643. The molecule has 1 amide bonds. The molecule has 1 N–H and O–H groups in total. The zero-order chi connectivity index (χ0) is 22.7. The summed E-state index contributed by atoms with van der Waals surface area (Å²) in [7, 11) is 1.31. The monoisotopic (exact) mass is 424 g/mol. The first kappa shape index (κ1) is 22.8. The van der Waals surface area contributed by atoms with Crippen molar-refractivity contribution in [2.75, 3.05) is 7.11 Å². The Balaban J connectivity index is 1.98. The molecular formula is C25H32N2O4. The second-order valence-corrected chi connectivity index (χ2v) is 8.53. The molecule has 1 fully saturated rings. The molecule has 1 aromatic heterocycles. The number of nitrogens with zero attached hydrogens (tertiary/aromatic N) is 1. The number of methoxy groups -OCH3 is 1. The molecule has 6 heteroatoms. The van der Waals surface area contributed by atoms with E-state index in [9.17, 15) is 14.4 Å². The average molecular weight is 425 g/mol. The maximum absolute atomic E-state index is 13.6. The molecule has 1 aliphatic rings. The zero-order valence-corrected chi connectivity index (χ0v) is 19.1. The highest BCUT2D eigenvalue weighted by molar-refractivity contribution is 6.07. The summed E-state index contributed by atoms with van der Waals surface area (Å²) in [5.41, 5.74) is 3.59. The number of benzene rings is 1. The van der Waals surface area contributed by atoms with E-state index >= 15 is 0 Å². The van der Waals surface area contributed by atoms with Gasteiger partial charge in [-0.25, -0.2) is 4.79 Å². The van der Waals surface area contributed by atoms with Crippen LogP contribution in [0.2, 0.25) is 0 Å². The molecule has 0 saturated heterocycles. The number of H-pyrrole nitrogens is 1. The topological polar surface area (TPSA) is 79.5 Å². The molecule has 6 nitrogen and oxygen atoms in total. The summed E-state index contributed by atoms with van der Waals surface area (Å²) in [4.78, 5) is 44.0. The number of amides is 1. The van der Waals surface area contributed by atoms with Crippen molar-refractivity contribution in [2.24, 2.45) is 0 Å². The highest BCUT2D eigenvalue weighted by Gasteiger charge is 2.36. The summed E-state index contributed by atoms with van der Waals surface area (Å²) < 4.78 is 4.83. The highest BCUT2D eigenvalue weighted by Crippen LogP contribution is 2.29. The lowest BCUT2D eigenvalue weighted by Gasteiger charge is -2.38. The van der Waals surface area contributed by atoms with E-state index in [1.165, 1.54) is 7.11 Å². The van der Waals surface area contributed by atoms with Gasteiger partial charge in [0, 0.05) is 22.9 Å². The van der Waals surface area contributed by atoms with Gasteiger partial charge in [-0.3, -0.25) is 9.59 Å². The number of hydrogen-bond acceptors (Lipinski definition) is 4. The van der Waals surface area contributed by atoms with Crippen molar-refractivity contribution < 1.29 is 19.1 Å². The van der Waals surface area contributed by atoms with Crippen molar-refractivity contribution in [3.8, 4) is 0 Å². The van der Waals surface area contributed by atoms with Gasteiger partial charge in [0.15, 0.2) is 5.78 Å². The number of esters is 1. The number of ether oxygens (including phenoxy) is 1. The van der Waals surface area contributed by atoms with Crippen LogP contribution in [0.15, 0.2) is 24.3 Å². The number of nitrogens with one attached hydrogen (secondary N) is 1. The number of ketones is 1. The fraction of sp³-hybridized carbons (Fsp3) is 0.480. The van der Waals surface area contributed by atoms with E-state index in [0.29, 0.717) is 22.4 Å². The van der Waals surface area contributed by atoms with Gasteiger partial charge < -0.3 is 14.6 Å². The number of carbonyl (C=O) groups excluding carboxylic acids is 3. The van der Waals surface area contributed by atoms with Crippen LogP contribution in [0.5, 0.6) is 0 Å². The first-order valence-electron chi connectivity index (χ1n) is 11.0. The number of rotatable bonds is 6. The van der Waals surface area contributed by atoms with E-state index in [-0.39, 0.29) is 23.4 Å². The minimum Gasteiger partial charge on any atom is -0.464 e. The van der Waals surface area contributed by atoms with Crippen molar-refractivity contribution in [1.29, 1.82) is 0 Å². The Morgan fingerprint density at radius 2 is 1.65 bits per heavy atom. The molecule has 1 heterocycles. The second kappa shape index (κ2) is 9.50. The summed E-state index contributed by atoms with van der Waals surface area (Å²) in [6, 6.07) is 6.88. The predicted octanol–water partition coefficient (Wildman–Crippen LogP) is 4.77.